The van der Waals surface area contributed by atoms with E-state index in [9.17, 15) is 0 Å². The molecule has 0 N–H and O–H groups in total. The third kappa shape index (κ3) is 0.592. The van der Waals surface area contributed by atoms with Gasteiger partial charge in [0.2, 0.25) is 0 Å². The van der Waals surface area contributed by atoms with Crippen molar-refractivity contribution in [2.75, 3.05) is 0 Å². The van der Waals surface area contributed by atoms with Gasteiger partial charge in [-0.2, -0.15) is 0 Å². The molecule has 11 heavy (non-hydrogen) atoms. The zero-order valence-corrected chi connectivity index (χ0v) is 8.52. The second-order valence-electron chi connectivity index (χ2n) is 4.82. The van der Waals surface area contributed by atoms with E-state index in [1.165, 1.54) is 12.8 Å². The Balaban J connectivity index is 1.94. The van der Waals surface area contributed by atoms with E-state index in [2.05, 4.69) is 29.8 Å². The number of hydrogen-bond donors (Lipinski definition) is 0. The molecule has 2 saturated carbocycles. The summed E-state index contributed by atoms with van der Waals surface area (Å²) >= 11 is 3.78. The number of ether oxygens (including phenoxy) is 1. The van der Waals surface area contributed by atoms with Crippen LogP contribution in [0.3, 0.4) is 0 Å². The number of epoxide rings is 1. The van der Waals surface area contributed by atoms with Crippen LogP contribution in [0.15, 0.2) is 0 Å². The van der Waals surface area contributed by atoms with E-state index >= 15 is 0 Å². The molecular formula is C9H13BrO. The summed E-state index contributed by atoms with van der Waals surface area (Å²) in [6, 6.07) is 0. The molecule has 0 aromatic rings. The molecule has 1 heterocycles. The van der Waals surface area contributed by atoms with E-state index in [-0.39, 0.29) is 0 Å². The average Bonchev–Trinajstić information content (AvgIpc) is 2.73. The lowest BCUT2D eigenvalue weighted by atomic mass is 9.82. The van der Waals surface area contributed by atoms with Crippen LogP contribution in [0.2, 0.25) is 0 Å². The lowest BCUT2D eigenvalue weighted by molar-refractivity contribution is 0.309. The topological polar surface area (TPSA) is 12.5 Å². The van der Waals surface area contributed by atoms with Gasteiger partial charge in [-0.15, -0.1) is 0 Å². The van der Waals surface area contributed by atoms with Crippen LogP contribution >= 0.6 is 15.9 Å². The number of halogens is 1. The zero-order valence-electron chi connectivity index (χ0n) is 6.93. The predicted octanol–water partition coefficient (Wildman–Crippen LogP) is 2.34. The Labute approximate surface area is 75.6 Å². The van der Waals surface area contributed by atoms with Crippen molar-refractivity contribution in [1.29, 1.82) is 0 Å². The van der Waals surface area contributed by atoms with Crippen molar-refractivity contribution in [2.45, 2.75) is 43.7 Å². The van der Waals surface area contributed by atoms with Gasteiger partial charge in [-0.1, -0.05) is 29.8 Å². The van der Waals surface area contributed by atoms with Crippen molar-refractivity contribution in [3.8, 4) is 0 Å². The van der Waals surface area contributed by atoms with Gasteiger partial charge in [0.1, 0.15) is 0 Å². The summed E-state index contributed by atoms with van der Waals surface area (Å²) in [5.41, 5.74) is 1.09. The van der Waals surface area contributed by atoms with Crippen LogP contribution in [0.1, 0.15) is 26.7 Å². The van der Waals surface area contributed by atoms with E-state index in [1.54, 1.807) is 0 Å². The van der Waals surface area contributed by atoms with Crippen molar-refractivity contribution in [1.82, 2.24) is 0 Å². The van der Waals surface area contributed by atoms with Gasteiger partial charge in [-0.3, -0.25) is 0 Å². The summed E-state index contributed by atoms with van der Waals surface area (Å²) in [5.74, 6) is 0. The monoisotopic (exact) mass is 216 g/mol. The van der Waals surface area contributed by atoms with Gasteiger partial charge in [0.15, 0.2) is 0 Å². The molecule has 1 nitrogen and oxygen atoms in total. The first-order chi connectivity index (χ1) is 5.08. The molecule has 0 aromatic heterocycles. The van der Waals surface area contributed by atoms with E-state index < -0.39 is 0 Å². The summed E-state index contributed by atoms with van der Waals surface area (Å²) < 4.78 is 5.54. The van der Waals surface area contributed by atoms with Gasteiger partial charge >= 0.3 is 0 Å². The standard InChI is InChI=1S/C9H13BrO/c1-8-3-5-6(11-5)4-9(8,2)7(8)10/h5-7H,3-4H2,1-2H3/t5-,6+,7?,8-,9-/m1/s1. The Morgan fingerprint density at radius 1 is 1.18 bits per heavy atom. The number of hydrogen-bond acceptors (Lipinski definition) is 1. The summed E-state index contributed by atoms with van der Waals surface area (Å²) in [4.78, 5) is 0.749. The fraction of sp³-hybridized carbons (Fsp3) is 1.00. The van der Waals surface area contributed by atoms with Crippen LogP contribution < -0.4 is 0 Å². The van der Waals surface area contributed by atoms with E-state index in [1.807, 2.05) is 0 Å². The summed E-state index contributed by atoms with van der Waals surface area (Å²) in [5, 5.41) is 0. The second-order valence-corrected chi connectivity index (χ2v) is 5.73. The summed E-state index contributed by atoms with van der Waals surface area (Å²) in [6.07, 6.45) is 3.81. The van der Waals surface area contributed by atoms with Gasteiger partial charge in [-0.05, 0) is 23.7 Å². The van der Waals surface area contributed by atoms with Crippen molar-refractivity contribution in [3.63, 3.8) is 0 Å². The molecule has 3 rings (SSSR count). The molecule has 0 spiro atoms. The lowest BCUT2D eigenvalue weighted by Crippen LogP contribution is -2.19. The molecule has 3 fully saturated rings. The van der Waals surface area contributed by atoms with Crippen LogP contribution in [-0.4, -0.2) is 17.0 Å². The zero-order chi connectivity index (χ0) is 7.85. The third-order valence-corrected chi connectivity index (χ3v) is 6.30. The second kappa shape index (κ2) is 1.56. The molecule has 0 amide bonds. The molecule has 0 aromatic carbocycles. The normalized spacial score (nSPS) is 71.7. The maximum atomic E-state index is 5.54. The summed E-state index contributed by atoms with van der Waals surface area (Å²) in [6.45, 7) is 4.79. The maximum Gasteiger partial charge on any atom is 0.0847 e. The number of alkyl halides is 1. The first kappa shape index (κ1) is 6.90. The van der Waals surface area contributed by atoms with E-state index in [4.69, 9.17) is 4.74 Å². The number of rotatable bonds is 0. The van der Waals surface area contributed by atoms with Crippen LogP contribution in [0.4, 0.5) is 0 Å². The maximum absolute atomic E-state index is 5.54. The Bertz CT molecular complexity index is 208. The van der Waals surface area contributed by atoms with Crippen LogP contribution in [0.25, 0.3) is 0 Å². The first-order valence-corrected chi connectivity index (χ1v) is 5.29. The van der Waals surface area contributed by atoms with Crippen molar-refractivity contribution in [2.24, 2.45) is 10.8 Å². The van der Waals surface area contributed by atoms with Gasteiger partial charge < -0.3 is 4.74 Å². The fourth-order valence-electron chi connectivity index (χ4n) is 2.93. The fourth-order valence-corrected chi connectivity index (χ4v) is 4.22. The van der Waals surface area contributed by atoms with E-state index in [0.29, 0.717) is 23.0 Å². The van der Waals surface area contributed by atoms with Crippen LogP contribution in [0.5, 0.6) is 0 Å². The Morgan fingerprint density at radius 2 is 1.64 bits per heavy atom. The van der Waals surface area contributed by atoms with Gasteiger partial charge in [-0.25, -0.2) is 0 Å². The smallest absolute Gasteiger partial charge is 0.0847 e. The highest BCUT2D eigenvalue weighted by atomic mass is 79.9. The average molecular weight is 217 g/mol. The SMILES string of the molecule is C[C@]12C[C@@H]3O[C@@H]3C[C@]1(C)C2Br. The summed E-state index contributed by atoms with van der Waals surface area (Å²) in [7, 11) is 0. The lowest BCUT2D eigenvalue weighted by Gasteiger charge is -2.19. The molecule has 2 heteroatoms. The minimum atomic E-state index is 0.546. The van der Waals surface area contributed by atoms with Crippen LogP contribution in [0, 0.1) is 10.8 Å². The molecule has 62 valence electrons. The van der Waals surface area contributed by atoms with Gasteiger partial charge in [0, 0.05) is 4.83 Å². The minimum absolute atomic E-state index is 0.546. The van der Waals surface area contributed by atoms with Crippen molar-refractivity contribution < 1.29 is 4.74 Å². The molecule has 1 saturated heterocycles. The molecular weight excluding hydrogens is 204 g/mol. The Kier molecular flexibility index (Phi) is 0.977. The molecule has 0 bridgehead atoms. The predicted molar refractivity (Wildman–Crippen MR) is 46.8 cm³/mol. The molecule has 0 radical (unpaired) electrons. The molecule has 1 aliphatic heterocycles. The van der Waals surface area contributed by atoms with Crippen molar-refractivity contribution in [3.05, 3.63) is 0 Å². The quantitative estimate of drug-likeness (QED) is 0.448. The molecule has 1 unspecified atom stereocenters. The highest BCUT2D eigenvalue weighted by Crippen LogP contribution is 2.76. The van der Waals surface area contributed by atoms with E-state index in [0.717, 1.165) is 4.83 Å². The van der Waals surface area contributed by atoms with Crippen LogP contribution in [-0.2, 0) is 4.74 Å². The molecule has 2 aliphatic carbocycles. The van der Waals surface area contributed by atoms with Gasteiger partial charge in [0.05, 0.1) is 12.2 Å². The Hall–Kier alpha value is 0.440. The molecule has 3 aliphatic rings. The Morgan fingerprint density at radius 3 is 2.09 bits per heavy atom. The third-order valence-electron chi connectivity index (χ3n) is 4.28. The number of fused-ring (bicyclic) bond motifs is 2. The highest BCUT2D eigenvalue weighted by Gasteiger charge is 2.75. The van der Waals surface area contributed by atoms with Gasteiger partial charge in [0.25, 0.3) is 0 Å². The van der Waals surface area contributed by atoms with Crippen molar-refractivity contribution >= 4 is 15.9 Å². The molecule has 5 atom stereocenters. The largest absolute Gasteiger partial charge is 0.370 e. The minimum Gasteiger partial charge on any atom is -0.370 e. The highest BCUT2D eigenvalue weighted by molar-refractivity contribution is 9.09. The first-order valence-electron chi connectivity index (χ1n) is 4.37.